The van der Waals surface area contributed by atoms with Gasteiger partial charge in [0.15, 0.2) is 0 Å². The summed E-state index contributed by atoms with van der Waals surface area (Å²) in [5.74, 6) is 0. The maximum Gasteiger partial charge on any atom is 0.265 e. The van der Waals surface area contributed by atoms with Gasteiger partial charge in [-0.05, 0) is 48.7 Å². The van der Waals surface area contributed by atoms with E-state index in [0.717, 1.165) is 10.3 Å². The van der Waals surface area contributed by atoms with Gasteiger partial charge >= 0.3 is 0 Å². The molecule has 1 aromatic heterocycles. The number of hydrogen-bond acceptors (Lipinski definition) is 5. The molecule has 2 aromatic carbocycles. The van der Waals surface area contributed by atoms with E-state index in [9.17, 15) is 16.8 Å². The van der Waals surface area contributed by atoms with Crippen LogP contribution < -0.4 is 9.44 Å². The van der Waals surface area contributed by atoms with Gasteiger partial charge in [-0.3, -0.25) is 4.31 Å². The number of benzene rings is 2. The fourth-order valence-corrected chi connectivity index (χ4v) is 6.93. The lowest BCUT2D eigenvalue weighted by Gasteiger charge is -2.30. The topological polar surface area (TPSA) is 97.5 Å². The van der Waals surface area contributed by atoms with E-state index in [4.69, 9.17) is 16.7 Å². The second-order valence-electron chi connectivity index (χ2n) is 6.26. The number of nitrogens with zero attached hydrogens (tertiary/aromatic N) is 1. The van der Waals surface area contributed by atoms with Crippen molar-refractivity contribution in [1.82, 2.24) is 0 Å². The summed E-state index contributed by atoms with van der Waals surface area (Å²) < 4.78 is 52.3. The van der Waals surface area contributed by atoms with E-state index in [1.807, 2.05) is 0 Å². The molecule has 0 saturated heterocycles. The molecular weight excluding hydrogens is 428 g/mol. The zero-order valence-corrected chi connectivity index (χ0v) is 17.1. The van der Waals surface area contributed by atoms with Gasteiger partial charge in [0, 0.05) is 27.0 Å². The third-order valence-corrected chi connectivity index (χ3v) is 8.64. The first-order chi connectivity index (χ1) is 12.7. The largest absolute Gasteiger partial charge is 0.266 e. The van der Waals surface area contributed by atoms with Gasteiger partial charge in [0.25, 0.3) is 10.0 Å². The van der Waals surface area contributed by atoms with Crippen molar-refractivity contribution in [3.63, 3.8) is 0 Å². The van der Waals surface area contributed by atoms with E-state index in [1.165, 1.54) is 27.8 Å². The molecule has 1 aliphatic rings. The number of fused-ring (bicyclic) bond motifs is 2. The van der Waals surface area contributed by atoms with Crippen molar-refractivity contribution in [2.24, 2.45) is 5.14 Å². The van der Waals surface area contributed by atoms with Gasteiger partial charge in [0.2, 0.25) is 10.0 Å². The van der Waals surface area contributed by atoms with Gasteiger partial charge in [-0.25, -0.2) is 22.0 Å². The number of nitrogens with two attached hydrogens (primary N) is 1. The smallest absolute Gasteiger partial charge is 0.265 e. The highest BCUT2D eigenvalue weighted by Gasteiger charge is 2.32. The molecule has 0 spiro atoms. The van der Waals surface area contributed by atoms with Gasteiger partial charge in [-0.2, -0.15) is 0 Å². The molecule has 0 atom stereocenters. The molecule has 4 rings (SSSR count). The SMILES string of the molecule is NS(=O)(=O)c1ccc2c(c1)N(S(=O)(=O)c1csc3ccc(Cl)cc13)CCC2. The quantitative estimate of drug-likeness (QED) is 0.672. The number of anilines is 1. The lowest BCUT2D eigenvalue weighted by Crippen LogP contribution is -2.35. The predicted octanol–water partition coefficient (Wildman–Crippen LogP) is 3.34. The Bertz CT molecular complexity index is 1270. The molecule has 3 aromatic rings. The van der Waals surface area contributed by atoms with Gasteiger partial charge in [0.05, 0.1) is 10.6 Å². The summed E-state index contributed by atoms with van der Waals surface area (Å²) in [6.07, 6.45) is 1.31. The van der Waals surface area contributed by atoms with Crippen LogP contribution in [0.1, 0.15) is 12.0 Å². The average Bonchev–Trinajstić information content (AvgIpc) is 3.03. The van der Waals surface area contributed by atoms with Crippen molar-refractivity contribution in [1.29, 1.82) is 0 Å². The Morgan fingerprint density at radius 2 is 1.85 bits per heavy atom. The molecule has 2 heterocycles. The van der Waals surface area contributed by atoms with Crippen LogP contribution in [0.4, 0.5) is 5.69 Å². The summed E-state index contributed by atoms with van der Waals surface area (Å²) in [5, 5.41) is 7.82. The Morgan fingerprint density at radius 1 is 1.07 bits per heavy atom. The lowest BCUT2D eigenvalue weighted by atomic mass is 10.0. The zero-order valence-electron chi connectivity index (χ0n) is 13.9. The van der Waals surface area contributed by atoms with E-state index < -0.39 is 20.0 Å². The van der Waals surface area contributed by atoms with E-state index in [2.05, 4.69) is 0 Å². The lowest BCUT2D eigenvalue weighted by molar-refractivity contribution is 0.586. The van der Waals surface area contributed by atoms with Crippen molar-refractivity contribution < 1.29 is 16.8 Å². The van der Waals surface area contributed by atoms with Gasteiger partial charge in [-0.1, -0.05) is 17.7 Å². The van der Waals surface area contributed by atoms with Crippen molar-refractivity contribution in [3.8, 4) is 0 Å². The zero-order chi connectivity index (χ0) is 19.4. The second kappa shape index (κ2) is 6.46. The summed E-state index contributed by atoms with van der Waals surface area (Å²) in [6, 6.07) is 9.49. The van der Waals surface area contributed by atoms with Crippen molar-refractivity contribution in [2.75, 3.05) is 10.8 Å². The first-order valence-corrected chi connectivity index (χ1v) is 12.3. The van der Waals surface area contributed by atoms with Crippen LogP contribution in [0.3, 0.4) is 0 Å². The van der Waals surface area contributed by atoms with E-state index in [-0.39, 0.29) is 16.3 Å². The maximum atomic E-state index is 13.4. The van der Waals surface area contributed by atoms with Crippen LogP contribution in [0.2, 0.25) is 5.02 Å². The fraction of sp³-hybridized carbons (Fsp3) is 0.176. The molecule has 6 nitrogen and oxygen atoms in total. The van der Waals surface area contributed by atoms with Crippen LogP contribution in [0.5, 0.6) is 0 Å². The van der Waals surface area contributed by atoms with Gasteiger partial charge in [0.1, 0.15) is 4.90 Å². The highest BCUT2D eigenvalue weighted by atomic mass is 35.5. The molecule has 0 unspecified atom stereocenters. The van der Waals surface area contributed by atoms with Crippen LogP contribution >= 0.6 is 22.9 Å². The highest BCUT2D eigenvalue weighted by molar-refractivity contribution is 7.93. The molecule has 2 N–H and O–H groups in total. The molecule has 27 heavy (non-hydrogen) atoms. The number of sulfonamides is 2. The van der Waals surface area contributed by atoms with E-state index in [0.29, 0.717) is 28.9 Å². The number of rotatable bonds is 3. The van der Waals surface area contributed by atoms with Crippen LogP contribution in [0.15, 0.2) is 51.6 Å². The van der Waals surface area contributed by atoms with E-state index >= 15 is 0 Å². The predicted molar refractivity (Wildman–Crippen MR) is 108 cm³/mol. The number of halogens is 1. The molecule has 0 radical (unpaired) electrons. The van der Waals surface area contributed by atoms with Gasteiger partial charge < -0.3 is 0 Å². The van der Waals surface area contributed by atoms with Crippen molar-refractivity contribution in [2.45, 2.75) is 22.6 Å². The molecule has 142 valence electrons. The normalized spacial score (nSPS) is 15.1. The Morgan fingerprint density at radius 3 is 2.59 bits per heavy atom. The minimum Gasteiger partial charge on any atom is -0.266 e. The van der Waals surface area contributed by atoms with Gasteiger partial charge in [-0.15, -0.1) is 11.3 Å². The summed E-state index contributed by atoms with van der Waals surface area (Å²) in [4.78, 5) is 0.0560. The number of hydrogen-bond donors (Lipinski definition) is 1. The van der Waals surface area contributed by atoms with Crippen LogP contribution in [0, 0.1) is 0 Å². The fourth-order valence-electron chi connectivity index (χ4n) is 3.24. The Kier molecular flexibility index (Phi) is 4.47. The number of thiophene rings is 1. The minimum absolute atomic E-state index is 0.110. The summed E-state index contributed by atoms with van der Waals surface area (Å²) in [6.45, 7) is 0.265. The third kappa shape index (κ3) is 3.23. The number of aryl methyl sites for hydroxylation is 1. The Balaban J connectivity index is 1.90. The number of primary sulfonamides is 1. The standard InChI is InChI=1S/C17H15ClN2O4S3/c18-12-4-6-16-14(8-12)17(10-25-16)27(23,24)20-7-1-2-11-3-5-13(9-15(11)20)26(19,21)22/h3-6,8-10H,1-2,7H2,(H2,19,21,22). The van der Waals surface area contributed by atoms with Crippen molar-refractivity contribution >= 4 is 58.8 Å². The molecule has 10 heteroatoms. The highest BCUT2D eigenvalue weighted by Crippen LogP contribution is 2.38. The molecule has 0 saturated carbocycles. The van der Waals surface area contributed by atoms with Crippen LogP contribution in [-0.2, 0) is 26.5 Å². The molecule has 0 bridgehead atoms. The molecule has 0 aliphatic carbocycles. The molecule has 0 amide bonds. The second-order valence-corrected chi connectivity index (χ2v) is 11.0. The van der Waals surface area contributed by atoms with E-state index in [1.54, 1.807) is 29.6 Å². The maximum absolute atomic E-state index is 13.4. The van der Waals surface area contributed by atoms with Crippen molar-refractivity contribution in [3.05, 3.63) is 52.4 Å². The van der Waals surface area contributed by atoms with Crippen LogP contribution in [-0.4, -0.2) is 23.4 Å². The third-order valence-electron chi connectivity index (χ3n) is 4.53. The summed E-state index contributed by atoms with van der Waals surface area (Å²) in [7, 11) is -7.82. The first kappa shape index (κ1) is 18.7. The monoisotopic (exact) mass is 442 g/mol. The Hall–Kier alpha value is -1.65. The first-order valence-electron chi connectivity index (χ1n) is 8.03. The molecule has 1 aliphatic heterocycles. The summed E-state index contributed by atoms with van der Waals surface area (Å²) >= 11 is 7.37. The summed E-state index contributed by atoms with van der Waals surface area (Å²) in [5.41, 5.74) is 1.13. The molecular formula is C17H15ClN2O4S3. The Labute approximate surface area is 166 Å². The van der Waals surface area contributed by atoms with Crippen LogP contribution in [0.25, 0.3) is 10.1 Å². The average molecular weight is 443 g/mol. The minimum atomic E-state index is -3.94. The molecule has 0 fully saturated rings.